The van der Waals surface area contributed by atoms with Crippen molar-refractivity contribution in [1.29, 1.82) is 0 Å². The van der Waals surface area contributed by atoms with E-state index in [1.165, 1.54) is 12.5 Å². The zero-order valence-corrected chi connectivity index (χ0v) is 7.53. The maximum Gasteiger partial charge on any atom is 0.122 e. The third kappa shape index (κ3) is 4.79. The molecule has 11 heavy (non-hydrogen) atoms. The molecule has 0 saturated carbocycles. The van der Waals surface area contributed by atoms with Crippen molar-refractivity contribution in [3.05, 3.63) is 35.4 Å². The van der Waals surface area contributed by atoms with Crippen molar-refractivity contribution >= 4 is 11.6 Å². The summed E-state index contributed by atoms with van der Waals surface area (Å²) in [7, 11) is 0. The third-order valence-corrected chi connectivity index (χ3v) is 1.59. The van der Waals surface area contributed by atoms with Crippen molar-refractivity contribution in [1.82, 2.24) is 0 Å². The van der Waals surface area contributed by atoms with E-state index in [-0.39, 0.29) is 0 Å². The van der Waals surface area contributed by atoms with E-state index in [1.807, 2.05) is 6.92 Å². The molecule has 1 atom stereocenters. The first-order valence-corrected chi connectivity index (χ1v) is 3.79. The number of rotatable bonds is 3. The Bertz CT molecular complexity index is 190. The lowest BCUT2D eigenvalue weighted by atomic mass is 10.2. The topological polar surface area (TPSA) is 0 Å². The Balaban J connectivity index is 4.04. The van der Waals surface area contributed by atoms with E-state index in [1.54, 1.807) is 12.2 Å². The summed E-state index contributed by atoms with van der Waals surface area (Å²) < 4.78 is 12.4. The van der Waals surface area contributed by atoms with Crippen molar-refractivity contribution in [2.24, 2.45) is 0 Å². The van der Waals surface area contributed by atoms with Crippen LogP contribution < -0.4 is 0 Å². The summed E-state index contributed by atoms with van der Waals surface area (Å²) >= 11 is 5.38. The molecule has 0 radical (unpaired) electrons. The molecule has 0 aliphatic carbocycles. The predicted molar refractivity (Wildman–Crippen MR) is 48.5 cm³/mol. The van der Waals surface area contributed by atoms with Crippen LogP contribution in [-0.4, -0.2) is 6.17 Å². The average molecular weight is 175 g/mol. The lowest BCUT2D eigenvalue weighted by Crippen LogP contribution is -1.92. The third-order valence-electron chi connectivity index (χ3n) is 1.24. The molecule has 0 aromatic carbocycles. The molecule has 0 N–H and O–H groups in total. The van der Waals surface area contributed by atoms with Gasteiger partial charge < -0.3 is 0 Å². The Morgan fingerprint density at radius 1 is 1.55 bits per heavy atom. The van der Waals surface area contributed by atoms with Gasteiger partial charge in [0.2, 0.25) is 0 Å². The molecule has 0 aliphatic heterocycles. The molecule has 0 bridgehead atoms. The second-order valence-electron chi connectivity index (χ2n) is 2.38. The molecule has 1 unspecified atom stereocenters. The highest BCUT2D eigenvalue weighted by molar-refractivity contribution is 6.25. The standard InChI is InChI=1S/C9H12ClF/c1-7(6-10)4-5-8(2)9(3)11/h4-6,9H,2H2,1,3H3/b5-4-,7-6+. The normalized spacial score (nSPS) is 15.5. The highest BCUT2D eigenvalue weighted by Gasteiger charge is 1.97. The summed E-state index contributed by atoms with van der Waals surface area (Å²) in [6.07, 6.45) is 2.36. The van der Waals surface area contributed by atoms with Crippen LogP contribution in [0.15, 0.2) is 35.4 Å². The molecule has 0 aliphatic rings. The molecule has 0 nitrogen and oxygen atoms in total. The van der Waals surface area contributed by atoms with Crippen LogP contribution in [0.3, 0.4) is 0 Å². The van der Waals surface area contributed by atoms with Gasteiger partial charge in [-0.1, -0.05) is 30.3 Å². The minimum atomic E-state index is -0.991. The smallest absolute Gasteiger partial charge is 0.122 e. The van der Waals surface area contributed by atoms with E-state index in [0.717, 1.165) is 5.57 Å². The molecule has 0 saturated heterocycles. The highest BCUT2D eigenvalue weighted by atomic mass is 35.5. The van der Waals surface area contributed by atoms with Crippen molar-refractivity contribution < 1.29 is 4.39 Å². The minimum absolute atomic E-state index is 0.461. The second kappa shape index (κ2) is 5.14. The molecule has 0 amide bonds. The molecule has 62 valence electrons. The van der Waals surface area contributed by atoms with Gasteiger partial charge in [-0.3, -0.25) is 0 Å². The first-order valence-electron chi connectivity index (χ1n) is 3.36. The zero-order valence-electron chi connectivity index (χ0n) is 6.77. The minimum Gasteiger partial charge on any atom is -0.243 e. The van der Waals surface area contributed by atoms with E-state index in [4.69, 9.17) is 11.6 Å². The van der Waals surface area contributed by atoms with Crippen molar-refractivity contribution in [3.8, 4) is 0 Å². The molecule has 2 heteroatoms. The molecule has 0 fully saturated rings. The van der Waals surface area contributed by atoms with Crippen LogP contribution in [0.2, 0.25) is 0 Å². The summed E-state index contributed by atoms with van der Waals surface area (Å²) in [6.45, 7) is 6.81. The SMILES string of the molecule is C=C(/C=C\C(C)=C\Cl)C(C)F. The van der Waals surface area contributed by atoms with E-state index >= 15 is 0 Å². The van der Waals surface area contributed by atoms with Crippen LogP contribution in [0.4, 0.5) is 4.39 Å². The Morgan fingerprint density at radius 2 is 2.09 bits per heavy atom. The van der Waals surface area contributed by atoms with E-state index < -0.39 is 6.17 Å². The number of hydrogen-bond donors (Lipinski definition) is 0. The Kier molecular flexibility index (Phi) is 4.88. The molecular weight excluding hydrogens is 163 g/mol. The first kappa shape index (κ1) is 10.4. The summed E-state index contributed by atoms with van der Waals surface area (Å²) in [5.41, 5.74) is 2.78. The summed E-state index contributed by atoms with van der Waals surface area (Å²) in [6, 6.07) is 0. The molecule has 0 aromatic rings. The van der Waals surface area contributed by atoms with Gasteiger partial charge in [0.25, 0.3) is 0 Å². The van der Waals surface area contributed by atoms with Crippen molar-refractivity contribution in [3.63, 3.8) is 0 Å². The van der Waals surface area contributed by atoms with Gasteiger partial charge in [0.1, 0.15) is 6.17 Å². The molecule has 0 aromatic heterocycles. The number of hydrogen-bond acceptors (Lipinski definition) is 0. The Morgan fingerprint density at radius 3 is 2.45 bits per heavy atom. The maximum absolute atomic E-state index is 12.4. The molecule has 0 rings (SSSR count). The summed E-state index contributed by atoms with van der Waals surface area (Å²) in [5.74, 6) is 0. The Hall–Kier alpha value is -0.560. The fraction of sp³-hybridized carbons (Fsp3) is 0.333. The van der Waals surface area contributed by atoms with Gasteiger partial charge in [0.15, 0.2) is 0 Å². The lowest BCUT2D eigenvalue weighted by molar-refractivity contribution is 0.418. The zero-order chi connectivity index (χ0) is 8.85. The van der Waals surface area contributed by atoms with Gasteiger partial charge >= 0.3 is 0 Å². The van der Waals surface area contributed by atoms with Crippen LogP contribution in [0.1, 0.15) is 13.8 Å². The quantitative estimate of drug-likeness (QED) is 0.574. The van der Waals surface area contributed by atoms with Crippen LogP contribution >= 0.6 is 11.6 Å². The first-order chi connectivity index (χ1) is 5.07. The van der Waals surface area contributed by atoms with Gasteiger partial charge in [0, 0.05) is 5.54 Å². The molecular formula is C9H12ClF. The molecule has 0 heterocycles. The summed E-state index contributed by atoms with van der Waals surface area (Å²) in [4.78, 5) is 0. The average Bonchev–Trinajstić information content (AvgIpc) is 1.99. The van der Waals surface area contributed by atoms with Gasteiger partial charge in [0.05, 0.1) is 0 Å². The van der Waals surface area contributed by atoms with Gasteiger partial charge in [-0.05, 0) is 25.0 Å². The second-order valence-corrected chi connectivity index (χ2v) is 2.60. The van der Waals surface area contributed by atoms with Crippen LogP contribution in [0.5, 0.6) is 0 Å². The van der Waals surface area contributed by atoms with Gasteiger partial charge in [-0.25, -0.2) is 4.39 Å². The predicted octanol–water partition coefficient (Wildman–Crippen LogP) is 3.60. The van der Waals surface area contributed by atoms with Crippen molar-refractivity contribution in [2.75, 3.05) is 0 Å². The van der Waals surface area contributed by atoms with Crippen molar-refractivity contribution in [2.45, 2.75) is 20.0 Å². The fourth-order valence-corrected chi connectivity index (χ4v) is 0.480. The van der Waals surface area contributed by atoms with Gasteiger partial charge in [-0.2, -0.15) is 0 Å². The van der Waals surface area contributed by atoms with Crippen LogP contribution in [0, 0.1) is 0 Å². The number of halogens is 2. The number of alkyl halides is 1. The lowest BCUT2D eigenvalue weighted by Gasteiger charge is -1.98. The van der Waals surface area contributed by atoms with Gasteiger partial charge in [-0.15, -0.1) is 0 Å². The fourth-order valence-electron chi connectivity index (χ4n) is 0.407. The maximum atomic E-state index is 12.4. The van der Waals surface area contributed by atoms with Crippen LogP contribution in [0.25, 0.3) is 0 Å². The summed E-state index contributed by atoms with van der Waals surface area (Å²) in [5, 5.41) is 0. The largest absolute Gasteiger partial charge is 0.243 e. The molecule has 0 spiro atoms. The van der Waals surface area contributed by atoms with E-state index in [2.05, 4.69) is 6.58 Å². The number of allylic oxidation sites excluding steroid dienone is 4. The van der Waals surface area contributed by atoms with E-state index in [9.17, 15) is 4.39 Å². The van der Waals surface area contributed by atoms with Crippen LogP contribution in [-0.2, 0) is 0 Å². The highest BCUT2D eigenvalue weighted by Crippen LogP contribution is 2.07. The Labute approximate surface area is 72.1 Å². The van der Waals surface area contributed by atoms with E-state index in [0.29, 0.717) is 5.57 Å². The monoisotopic (exact) mass is 174 g/mol.